The molecule has 2 heterocycles. The first-order valence-corrected chi connectivity index (χ1v) is 19.3. The minimum Gasteiger partial charge on any atom is -0.475 e. The molecular weight excluding hydrogens is 939 g/mol. The molecule has 3 aromatic rings. The predicted molar refractivity (Wildman–Crippen MR) is 211 cm³/mol. The molecule has 2 aliphatic heterocycles. The molecule has 13 nitrogen and oxygen atoms in total. The fraction of sp³-hybridized carbons (Fsp3) is 0.439. The minimum absolute atomic E-state index is 0.109. The summed E-state index contributed by atoms with van der Waals surface area (Å²) in [6, 6.07) is 21.6. The molecule has 5 rings (SSSR count). The van der Waals surface area contributed by atoms with Crippen molar-refractivity contribution in [1.29, 1.82) is 0 Å². The van der Waals surface area contributed by atoms with Gasteiger partial charge in [0, 0.05) is 56.4 Å². The van der Waals surface area contributed by atoms with Gasteiger partial charge in [-0.25, -0.2) is 23.6 Å². The highest BCUT2D eigenvalue weighted by molar-refractivity contribution is 5.94. The number of hydrogen-bond donors (Lipinski definition) is 6. The highest BCUT2D eigenvalue weighted by Gasteiger charge is 2.40. The van der Waals surface area contributed by atoms with Gasteiger partial charge in [0.2, 0.25) is 0 Å². The predicted octanol–water partition coefficient (Wildman–Crippen LogP) is 7.98. The number of aliphatic carboxylic acids is 4. The molecular formula is C41H45F13N4O9. The average Bonchev–Trinajstić information content (AvgIpc) is 3.21. The lowest BCUT2D eigenvalue weighted by Gasteiger charge is -2.31. The van der Waals surface area contributed by atoms with Crippen LogP contribution in [0.15, 0.2) is 66.7 Å². The largest absolute Gasteiger partial charge is 0.490 e. The van der Waals surface area contributed by atoms with Crippen LogP contribution >= 0.6 is 0 Å². The summed E-state index contributed by atoms with van der Waals surface area (Å²) in [6.07, 6.45) is -17.9. The maximum atomic E-state index is 14.9. The van der Waals surface area contributed by atoms with E-state index in [1.54, 1.807) is 6.07 Å². The SMILES string of the molecule is CC1CCN(Cc2cccc(C(=O)NCc3ccc(F)c(-c4cccc(CN5CCN[C@@H](C)C5)c4)c3)c2)CC1.O=C(O)C(F)(F)F.O=C(O)C(F)(F)F.O=C(O)C(F)(F)F.O=C(O)C(F)(F)F. The van der Waals surface area contributed by atoms with E-state index < -0.39 is 48.6 Å². The van der Waals surface area contributed by atoms with E-state index in [0.717, 1.165) is 68.4 Å². The molecule has 0 aliphatic carbocycles. The third-order valence-corrected chi connectivity index (χ3v) is 9.02. The molecule has 2 saturated heterocycles. The number of nitrogens with zero attached hydrogens (tertiary/aromatic N) is 2. The molecule has 374 valence electrons. The maximum Gasteiger partial charge on any atom is 0.490 e. The number of hydrogen-bond acceptors (Lipinski definition) is 8. The molecule has 0 saturated carbocycles. The lowest BCUT2D eigenvalue weighted by Crippen LogP contribution is -2.48. The topological polar surface area (TPSA) is 197 Å². The second-order valence-electron chi connectivity index (χ2n) is 14.7. The molecule has 0 bridgehead atoms. The van der Waals surface area contributed by atoms with Gasteiger partial charge in [-0.05, 0) is 91.4 Å². The number of carboxylic acids is 4. The van der Waals surface area contributed by atoms with E-state index in [1.165, 1.54) is 24.5 Å². The zero-order valence-corrected chi connectivity index (χ0v) is 35.2. The third kappa shape index (κ3) is 23.8. The summed E-state index contributed by atoms with van der Waals surface area (Å²) in [7, 11) is 0. The molecule has 0 spiro atoms. The number of likely N-dealkylation sites (tertiary alicyclic amines) is 1. The van der Waals surface area contributed by atoms with Crippen molar-refractivity contribution in [2.75, 3.05) is 32.7 Å². The van der Waals surface area contributed by atoms with Crippen molar-refractivity contribution in [2.45, 2.75) is 77.1 Å². The van der Waals surface area contributed by atoms with Crippen molar-refractivity contribution in [3.63, 3.8) is 0 Å². The van der Waals surface area contributed by atoms with Crippen LogP contribution < -0.4 is 10.6 Å². The van der Waals surface area contributed by atoms with Crippen LogP contribution in [0.3, 0.4) is 0 Å². The normalized spacial score (nSPS) is 15.9. The zero-order chi connectivity index (χ0) is 51.5. The van der Waals surface area contributed by atoms with Crippen LogP contribution in [0.1, 0.15) is 53.7 Å². The Labute approximate surface area is 373 Å². The van der Waals surface area contributed by atoms with E-state index in [4.69, 9.17) is 39.6 Å². The molecule has 67 heavy (non-hydrogen) atoms. The first kappa shape index (κ1) is 59.0. The van der Waals surface area contributed by atoms with Gasteiger partial charge < -0.3 is 31.1 Å². The van der Waals surface area contributed by atoms with Gasteiger partial charge in [-0.1, -0.05) is 43.3 Å². The number of piperidine rings is 1. The zero-order valence-electron chi connectivity index (χ0n) is 35.2. The van der Waals surface area contributed by atoms with Gasteiger partial charge in [0.15, 0.2) is 0 Å². The van der Waals surface area contributed by atoms with E-state index in [0.29, 0.717) is 23.7 Å². The van der Waals surface area contributed by atoms with Crippen molar-refractivity contribution < 1.29 is 101 Å². The molecule has 1 atom stereocenters. The first-order chi connectivity index (χ1) is 30.7. The maximum absolute atomic E-state index is 14.9. The van der Waals surface area contributed by atoms with Gasteiger partial charge in [0.05, 0.1) is 0 Å². The average molecular weight is 985 g/mol. The Hall–Kier alpha value is -6.02. The van der Waals surface area contributed by atoms with Gasteiger partial charge in [0.25, 0.3) is 5.91 Å². The molecule has 6 N–H and O–H groups in total. The number of carbonyl (C=O) groups excluding carboxylic acids is 1. The summed E-state index contributed by atoms with van der Waals surface area (Å²) < 4.78 is 142. The van der Waals surface area contributed by atoms with E-state index >= 15 is 0 Å². The van der Waals surface area contributed by atoms with Gasteiger partial charge in [-0.2, -0.15) is 52.7 Å². The lowest BCUT2D eigenvalue weighted by atomic mass is 9.98. The number of halogens is 13. The van der Waals surface area contributed by atoms with Crippen molar-refractivity contribution in [3.8, 4) is 11.1 Å². The third-order valence-electron chi connectivity index (χ3n) is 9.02. The molecule has 1 amide bonds. The summed E-state index contributed by atoms with van der Waals surface area (Å²) in [6.45, 7) is 11.8. The van der Waals surface area contributed by atoms with E-state index in [9.17, 15) is 61.9 Å². The first-order valence-electron chi connectivity index (χ1n) is 19.3. The summed E-state index contributed by atoms with van der Waals surface area (Å²) >= 11 is 0. The number of benzene rings is 3. The van der Waals surface area contributed by atoms with E-state index in [1.807, 2.05) is 36.4 Å². The van der Waals surface area contributed by atoms with Crippen molar-refractivity contribution in [1.82, 2.24) is 20.4 Å². The number of rotatable bonds is 8. The van der Waals surface area contributed by atoms with Crippen molar-refractivity contribution in [2.24, 2.45) is 5.92 Å². The number of alkyl halides is 12. The summed E-state index contributed by atoms with van der Waals surface area (Å²) in [5, 5.41) is 35.0. The highest BCUT2D eigenvalue weighted by Crippen LogP contribution is 2.26. The van der Waals surface area contributed by atoms with Gasteiger partial charge in [0.1, 0.15) is 5.82 Å². The standard InChI is InChI=1S/C33H41FN4O.4C2HF3O2/c1-24-11-14-37(15-12-24)22-28-6-4-8-30(18-28)33(39)36-20-26-9-10-32(34)31(19-26)29-7-3-5-27(17-29)23-38-16-13-35-25(2)21-38;4*3-2(4,5)1(6)7/h3-10,17-19,24-25,35H,11-16,20-23H2,1-2H3,(H,36,39);4*(H,6,7)/t25-;;;;/m0..../s1. The second-order valence-corrected chi connectivity index (χ2v) is 14.7. The number of carboxylic acid groups (broad SMARTS) is 4. The van der Waals surface area contributed by atoms with Crippen LogP contribution in [0.25, 0.3) is 11.1 Å². The van der Waals surface area contributed by atoms with Gasteiger partial charge in [-0.3, -0.25) is 14.6 Å². The molecule has 0 aromatic heterocycles. The van der Waals surface area contributed by atoms with Crippen LogP contribution in [0.2, 0.25) is 0 Å². The van der Waals surface area contributed by atoms with E-state index in [-0.39, 0.29) is 11.7 Å². The monoisotopic (exact) mass is 984 g/mol. The minimum atomic E-state index is -5.08. The molecule has 26 heteroatoms. The Morgan fingerprint density at radius 2 is 1.06 bits per heavy atom. The van der Waals surface area contributed by atoms with Crippen LogP contribution in [0.4, 0.5) is 57.1 Å². The van der Waals surface area contributed by atoms with E-state index in [2.05, 4.69) is 52.5 Å². The quantitative estimate of drug-likeness (QED) is 0.119. The van der Waals surface area contributed by atoms with Crippen LogP contribution in [0, 0.1) is 11.7 Å². The number of amides is 1. The Balaban J connectivity index is 0.000000648. The van der Waals surface area contributed by atoms with Gasteiger partial charge in [-0.15, -0.1) is 0 Å². The summed E-state index contributed by atoms with van der Waals surface area (Å²) in [5.74, 6) is -10.6. The summed E-state index contributed by atoms with van der Waals surface area (Å²) in [5.41, 5.74) is 5.31. The molecule has 2 aliphatic rings. The highest BCUT2D eigenvalue weighted by atomic mass is 19.4. The summed E-state index contributed by atoms with van der Waals surface area (Å²) in [4.78, 5) is 53.5. The molecule has 2 fully saturated rings. The van der Waals surface area contributed by atoms with Crippen LogP contribution in [-0.4, -0.2) is 123 Å². The van der Waals surface area contributed by atoms with Crippen LogP contribution in [0.5, 0.6) is 0 Å². The lowest BCUT2D eigenvalue weighted by molar-refractivity contribution is -0.193. The van der Waals surface area contributed by atoms with Crippen LogP contribution in [-0.2, 0) is 38.8 Å². The number of piperazine rings is 1. The second kappa shape index (κ2) is 26.4. The number of nitrogens with one attached hydrogen (secondary N) is 2. The smallest absolute Gasteiger partial charge is 0.475 e. The Morgan fingerprint density at radius 1 is 0.612 bits per heavy atom. The van der Waals surface area contributed by atoms with Crippen molar-refractivity contribution in [3.05, 3.63) is 94.8 Å². The fourth-order valence-electron chi connectivity index (χ4n) is 5.73. The number of carbonyl (C=O) groups is 5. The Morgan fingerprint density at radius 3 is 1.52 bits per heavy atom. The Bertz CT molecular complexity index is 1990. The van der Waals surface area contributed by atoms with Gasteiger partial charge >= 0.3 is 48.6 Å². The molecule has 0 unspecified atom stereocenters. The molecule has 0 radical (unpaired) electrons. The Kier molecular flexibility index (Phi) is 23.2. The van der Waals surface area contributed by atoms with Crippen molar-refractivity contribution >= 4 is 29.8 Å². The molecule has 3 aromatic carbocycles. The fourth-order valence-corrected chi connectivity index (χ4v) is 5.73.